The average Bonchev–Trinajstić information content (AvgIpc) is 2.43. The summed E-state index contributed by atoms with van der Waals surface area (Å²) in [6, 6.07) is 12.1. The van der Waals surface area contributed by atoms with E-state index >= 15 is 0 Å². The quantitative estimate of drug-likeness (QED) is 0.721. The second-order valence-electron chi connectivity index (χ2n) is 4.27. The van der Waals surface area contributed by atoms with Crippen molar-refractivity contribution >= 4 is 11.6 Å². The van der Waals surface area contributed by atoms with E-state index in [2.05, 4.69) is 0 Å². The molecule has 0 fully saturated rings. The third-order valence-corrected chi connectivity index (χ3v) is 2.88. The van der Waals surface area contributed by atoms with Crippen LogP contribution in [0.4, 0.5) is 5.69 Å². The third kappa shape index (κ3) is 2.89. The lowest BCUT2D eigenvalue weighted by Gasteiger charge is -2.14. The molecular weight excluding hydrogens is 256 g/mol. The van der Waals surface area contributed by atoms with Gasteiger partial charge in [-0.15, -0.1) is 0 Å². The Morgan fingerprint density at radius 2 is 1.90 bits per heavy atom. The molecule has 0 radical (unpaired) electrons. The first-order valence-corrected chi connectivity index (χ1v) is 6.18. The van der Waals surface area contributed by atoms with Gasteiger partial charge in [-0.05, 0) is 30.2 Å². The average molecular weight is 272 g/mol. The van der Waals surface area contributed by atoms with Crippen molar-refractivity contribution in [1.82, 2.24) is 0 Å². The smallest absolute Gasteiger partial charge is 0.252 e. The molecule has 0 aliphatic carbocycles. The second-order valence-corrected chi connectivity index (χ2v) is 4.27. The number of nitrogen functional groups attached to an aromatic ring is 1. The topological polar surface area (TPSA) is 98.6 Å². The molecule has 0 aliphatic heterocycles. The van der Waals surface area contributed by atoms with Crippen LogP contribution < -0.4 is 16.2 Å². The molecule has 0 bridgehead atoms. The Kier molecular flexibility index (Phi) is 4.22. The van der Waals surface area contributed by atoms with Gasteiger partial charge < -0.3 is 21.3 Å². The molecule has 2 rings (SSSR count). The molecule has 104 valence electrons. The highest BCUT2D eigenvalue weighted by molar-refractivity contribution is 5.97. The van der Waals surface area contributed by atoms with E-state index < -0.39 is 5.91 Å². The first-order valence-electron chi connectivity index (χ1n) is 6.18. The van der Waals surface area contributed by atoms with E-state index in [1.54, 1.807) is 30.3 Å². The summed E-state index contributed by atoms with van der Waals surface area (Å²) in [5.41, 5.74) is 12.6. The van der Waals surface area contributed by atoms with Crippen molar-refractivity contribution < 1.29 is 14.6 Å². The summed E-state index contributed by atoms with van der Waals surface area (Å²) in [5.74, 6) is 0.180. The van der Waals surface area contributed by atoms with Crippen LogP contribution in [0, 0.1) is 0 Å². The van der Waals surface area contributed by atoms with E-state index in [9.17, 15) is 4.79 Å². The zero-order chi connectivity index (χ0) is 14.5. The number of carbonyl (C=O) groups is 1. The van der Waals surface area contributed by atoms with Gasteiger partial charge in [0, 0.05) is 6.61 Å². The highest BCUT2D eigenvalue weighted by Crippen LogP contribution is 2.33. The van der Waals surface area contributed by atoms with Crippen molar-refractivity contribution in [1.29, 1.82) is 0 Å². The van der Waals surface area contributed by atoms with Gasteiger partial charge in [0.25, 0.3) is 5.91 Å². The molecule has 0 unspecified atom stereocenters. The van der Waals surface area contributed by atoms with Crippen molar-refractivity contribution in [2.24, 2.45) is 5.73 Å². The zero-order valence-electron chi connectivity index (χ0n) is 10.9. The molecule has 0 spiro atoms. The van der Waals surface area contributed by atoms with Gasteiger partial charge >= 0.3 is 0 Å². The molecule has 0 saturated carbocycles. The van der Waals surface area contributed by atoms with Crippen LogP contribution in [-0.2, 0) is 6.42 Å². The Balaban J connectivity index is 2.42. The second kappa shape index (κ2) is 6.08. The zero-order valence-corrected chi connectivity index (χ0v) is 10.9. The number of hydrogen-bond acceptors (Lipinski definition) is 4. The van der Waals surface area contributed by atoms with Crippen molar-refractivity contribution in [2.45, 2.75) is 6.42 Å². The summed E-state index contributed by atoms with van der Waals surface area (Å²) in [7, 11) is 0. The van der Waals surface area contributed by atoms with Gasteiger partial charge in [-0.1, -0.05) is 24.3 Å². The number of hydrogen-bond donors (Lipinski definition) is 3. The Bertz CT molecular complexity index is 626. The maximum atomic E-state index is 11.4. The number of aliphatic hydroxyl groups is 1. The van der Waals surface area contributed by atoms with Crippen molar-refractivity contribution in [3.8, 4) is 11.5 Å². The highest BCUT2D eigenvalue weighted by atomic mass is 16.5. The largest absolute Gasteiger partial charge is 0.454 e. The predicted octanol–water partition coefficient (Wildman–Crippen LogP) is 1.69. The molecule has 1 amide bonds. The standard InChI is InChI=1S/C15H16N2O3/c16-12-6-3-5-11(15(17)19)14(12)20-13-7-2-1-4-10(13)8-9-18/h1-7,18H,8-9,16H2,(H2,17,19). The molecule has 0 heterocycles. The minimum atomic E-state index is -0.605. The number of amides is 1. The molecule has 20 heavy (non-hydrogen) atoms. The fraction of sp³-hybridized carbons (Fsp3) is 0.133. The van der Waals surface area contributed by atoms with E-state index in [1.165, 1.54) is 0 Å². The van der Waals surface area contributed by atoms with Crippen LogP contribution in [0.2, 0.25) is 0 Å². The van der Waals surface area contributed by atoms with E-state index in [0.717, 1.165) is 5.56 Å². The lowest BCUT2D eigenvalue weighted by Crippen LogP contribution is -2.13. The van der Waals surface area contributed by atoms with Crippen LogP contribution in [0.3, 0.4) is 0 Å². The van der Waals surface area contributed by atoms with Gasteiger partial charge in [0.15, 0.2) is 5.75 Å². The summed E-state index contributed by atoms with van der Waals surface area (Å²) >= 11 is 0. The summed E-state index contributed by atoms with van der Waals surface area (Å²) in [6.45, 7) is 0.00726. The Hall–Kier alpha value is -2.53. The lowest BCUT2D eigenvalue weighted by molar-refractivity contribution is 0.0998. The molecule has 2 aromatic carbocycles. The maximum absolute atomic E-state index is 11.4. The van der Waals surface area contributed by atoms with Gasteiger partial charge in [0.05, 0.1) is 11.3 Å². The summed E-state index contributed by atoms with van der Waals surface area (Å²) in [4.78, 5) is 11.4. The third-order valence-electron chi connectivity index (χ3n) is 2.88. The summed E-state index contributed by atoms with van der Waals surface area (Å²) in [5, 5.41) is 9.05. The number of anilines is 1. The fourth-order valence-electron chi connectivity index (χ4n) is 1.90. The molecule has 5 nitrogen and oxygen atoms in total. The minimum Gasteiger partial charge on any atom is -0.454 e. The molecule has 0 saturated heterocycles. The van der Waals surface area contributed by atoms with E-state index in [1.807, 2.05) is 12.1 Å². The van der Waals surface area contributed by atoms with Crippen molar-refractivity contribution in [3.05, 3.63) is 53.6 Å². The molecule has 0 atom stereocenters. The van der Waals surface area contributed by atoms with Crippen molar-refractivity contribution in [3.63, 3.8) is 0 Å². The van der Waals surface area contributed by atoms with Crippen LogP contribution >= 0.6 is 0 Å². The van der Waals surface area contributed by atoms with Gasteiger partial charge in [-0.3, -0.25) is 4.79 Å². The molecule has 0 aromatic heterocycles. The van der Waals surface area contributed by atoms with Crippen LogP contribution in [0.15, 0.2) is 42.5 Å². The van der Waals surface area contributed by atoms with Crippen molar-refractivity contribution in [2.75, 3.05) is 12.3 Å². The Morgan fingerprint density at radius 3 is 2.60 bits per heavy atom. The normalized spacial score (nSPS) is 10.2. The van der Waals surface area contributed by atoms with Gasteiger partial charge in [-0.2, -0.15) is 0 Å². The number of ether oxygens (including phenoxy) is 1. The first-order chi connectivity index (χ1) is 9.63. The molecule has 5 heteroatoms. The molecular formula is C15H16N2O3. The van der Waals surface area contributed by atoms with Crippen LogP contribution in [-0.4, -0.2) is 17.6 Å². The van der Waals surface area contributed by atoms with E-state index in [-0.39, 0.29) is 17.9 Å². The Morgan fingerprint density at radius 1 is 1.15 bits per heavy atom. The fourth-order valence-corrected chi connectivity index (χ4v) is 1.90. The van der Waals surface area contributed by atoms with Crippen LogP contribution in [0.25, 0.3) is 0 Å². The maximum Gasteiger partial charge on any atom is 0.252 e. The molecule has 5 N–H and O–H groups in total. The van der Waals surface area contributed by atoms with E-state index in [0.29, 0.717) is 17.9 Å². The number of primary amides is 1. The number of para-hydroxylation sites is 2. The van der Waals surface area contributed by atoms with E-state index in [4.69, 9.17) is 21.3 Å². The first kappa shape index (κ1) is 13.9. The van der Waals surface area contributed by atoms with Crippen LogP contribution in [0.1, 0.15) is 15.9 Å². The van der Waals surface area contributed by atoms with Crippen LogP contribution in [0.5, 0.6) is 11.5 Å². The number of aliphatic hydroxyl groups excluding tert-OH is 1. The lowest BCUT2D eigenvalue weighted by atomic mass is 10.1. The summed E-state index contributed by atoms with van der Waals surface area (Å²) < 4.78 is 5.75. The predicted molar refractivity (Wildman–Crippen MR) is 76.7 cm³/mol. The number of carbonyl (C=O) groups excluding carboxylic acids is 1. The highest BCUT2D eigenvalue weighted by Gasteiger charge is 2.14. The molecule has 0 aliphatic rings. The number of benzene rings is 2. The van der Waals surface area contributed by atoms with Gasteiger partial charge in [0.1, 0.15) is 5.75 Å². The minimum absolute atomic E-state index is 0.00726. The number of rotatable bonds is 5. The van der Waals surface area contributed by atoms with Gasteiger partial charge in [0.2, 0.25) is 0 Å². The SMILES string of the molecule is NC(=O)c1cccc(N)c1Oc1ccccc1CCO. The Labute approximate surface area is 116 Å². The molecule has 2 aromatic rings. The number of nitrogens with two attached hydrogens (primary N) is 2. The van der Waals surface area contributed by atoms with Gasteiger partial charge in [-0.25, -0.2) is 0 Å². The monoisotopic (exact) mass is 272 g/mol. The summed E-state index contributed by atoms with van der Waals surface area (Å²) in [6.07, 6.45) is 0.453.